The van der Waals surface area contributed by atoms with Gasteiger partial charge in [-0.25, -0.2) is 0 Å². The zero-order valence-corrected chi connectivity index (χ0v) is 19.3. The lowest BCUT2D eigenvalue weighted by Crippen LogP contribution is -2.43. The Morgan fingerprint density at radius 3 is 2.81 bits per heavy atom. The van der Waals surface area contributed by atoms with E-state index in [1.54, 1.807) is 4.90 Å². The standard InChI is InChI=1S/C23H30N4O4S/c1-2-3-4-5-6-7-10-20(28)27-13-8-9-17(27)21(29)24-23-26-25-22(32-23)16-11-12-18-19(14-16)31-15-30-18/h11-12,14,17H,2-10,13,15H2,1H3,(H,24,26,29). The molecule has 1 saturated heterocycles. The summed E-state index contributed by atoms with van der Waals surface area (Å²) in [6.45, 7) is 3.05. The number of hydrogen-bond donors (Lipinski definition) is 1. The average molecular weight is 459 g/mol. The number of carbonyl (C=O) groups excluding carboxylic acids is 2. The van der Waals surface area contributed by atoms with Crippen LogP contribution in [0.5, 0.6) is 11.5 Å². The summed E-state index contributed by atoms with van der Waals surface area (Å²) >= 11 is 1.30. The first-order valence-corrected chi connectivity index (χ1v) is 12.3. The van der Waals surface area contributed by atoms with E-state index in [2.05, 4.69) is 22.4 Å². The molecule has 1 aromatic carbocycles. The summed E-state index contributed by atoms with van der Waals surface area (Å²) in [5.41, 5.74) is 0.851. The summed E-state index contributed by atoms with van der Waals surface area (Å²) in [7, 11) is 0. The zero-order valence-electron chi connectivity index (χ0n) is 18.5. The lowest BCUT2D eigenvalue weighted by atomic mass is 10.1. The summed E-state index contributed by atoms with van der Waals surface area (Å²) < 4.78 is 10.7. The molecule has 2 amide bonds. The van der Waals surface area contributed by atoms with Crippen molar-refractivity contribution in [1.29, 1.82) is 0 Å². The van der Waals surface area contributed by atoms with Gasteiger partial charge >= 0.3 is 0 Å². The van der Waals surface area contributed by atoms with E-state index in [0.717, 1.165) is 24.8 Å². The number of unbranched alkanes of at least 4 members (excludes halogenated alkanes) is 5. The molecule has 8 nitrogen and oxygen atoms in total. The Hall–Kier alpha value is -2.68. The number of benzene rings is 1. The van der Waals surface area contributed by atoms with Crippen LogP contribution in [-0.2, 0) is 9.59 Å². The van der Waals surface area contributed by atoms with Gasteiger partial charge in [-0.05, 0) is 37.5 Å². The molecule has 2 aromatic rings. The third-order valence-corrected chi connectivity index (χ3v) is 6.78. The molecule has 4 rings (SSSR count). The number of likely N-dealkylation sites (tertiary alicyclic amines) is 1. The quantitative estimate of drug-likeness (QED) is 0.523. The maximum atomic E-state index is 12.9. The average Bonchev–Trinajstić information content (AvgIpc) is 3.55. The minimum absolute atomic E-state index is 0.0801. The molecular weight excluding hydrogens is 428 g/mol. The van der Waals surface area contributed by atoms with Crippen LogP contribution < -0.4 is 14.8 Å². The Labute approximate surface area is 192 Å². The molecule has 0 spiro atoms. The molecule has 0 aliphatic carbocycles. The molecular formula is C23H30N4O4S. The maximum absolute atomic E-state index is 12.9. The molecule has 1 aromatic heterocycles. The SMILES string of the molecule is CCCCCCCCC(=O)N1CCCC1C(=O)Nc1nnc(-c2ccc3c(c2)OCO3)s1. The predicted octanol–water partition coefficient (Wildman–Crippen LogP) is 4.61. The molecule has 9 heteroatoms. The molecule has 1 fully saturated rings. The first-order chi connectivity index (χ1) is 15.7. The van der Waals surface area contributed by atoms with Crippen molar-refractivity contribution in [2.45, 2.75) is 70.8 Å². The summed E-state index contributed by atoms with van der Waals surface area (Å²) in [5, 5.41) is 12.3. The fourth-order valence-electron chi connectivity index (χ4n) is 4.15. The van der Waals surface area contributed by atoms with E-state index in [1.165, 1.54) is 37.0 Å². The number of carbonyl (C=O) groups is 2. The predicted molar refractivity (Wildman–Crippen MR) is 123 cm³/mol. The fraction of sp³-hybridized carbons (Fsp3) is 0.565. The van der Waals surface area contributed by atoms with E-state index < -0.39 is 6.04 Å². The highest BCUT2D eigenvalue weighted by Crippen LogP contribution is 2.37. The lowest BCUT2D eigenvalue weighted by Gasteiger charge is -2.23. The highest BCUT2D eigenvalue weighted by molar-refractivity contribution is 7.18. The molecule has 172 valence electrons. The van der Waals surface area contributed by atoms with Crippen molar-refractivity contribution in [2.24, 2.45) is 0 Å². The molecule has 0 bridgehead atoms. The number of rotatable bonds is 10. The highest BCUT2D eigenvalue weighted by atomic mass is 32.1. The number of nitrogens with zero attached hydrogens (tertiary/aromatic N) is 3. The van der Waals surface area contributed by atoms with Crippen LogP contribution in [0, 0.1) is 0 Å². The first-order valence-electron chi connectivity index (χ1n) is 11.5. The van der Waals surface area contributed by atoms with Crippen LogP contribution in [0.3, 0.4) is 0 Å². The van der Waals surface area contributed by atoms with Crippen molar-refractivity contribution >= 4 is 28.3 Å². The molecule has 2 aliphatic heterocycles. The maximum Gasteiger partial charge on any atom is 0.249 e. The van der Waals surface area contributed by atoms with E-state index >= 15 is 0 Å². The number of ether oxygens (including phenoxy) is 2. The molecule has 2 aliphatic rings. The van der Waals surface area contributed by atoms with Crippen molar-refractivity contribution in [3.8, 4) is 22.1 Å². The van der Waals surface area contributed by atoms with Gasteiger partial charge in [0.25, 0.3) is 0 Å². The third kappa shape index (κ3) is 5.38. The van der Waals surface area contributed by atoms with Crippen molar-refractivity contribution in [1.82, 2.24) is 15.1 Å². The van der Waals surface area contributed by atoms with Gasteiger partial charge in [0.2, 0.25) is 23.7 Å². The molecule has 3 heterocycles. The van der Waals surface area contributed by atoms with Crippen LogP contribution in [0.15, 0.2) is 18.2 Å². The first kappa shape index (κ1) is 22.5. The number of hydrogen-bond acceptors (Lipinski definition) is 7. The number of fused-ring (bicyclic) bond motifs is 1. The van der Waals surface area contributed by atoms with Crippen molar-refractivity contribution in [3.05, 3.63) is 18.2 Å². The van der Waals surface area contributed by atoms with Gasteiger partial charge in [0.05, 0.1) is 0 Å². The number of amides is 2. The molecule has 1 N–H and O–H groups in total. The molecule has 0 radical (unpaired) electrons. The van der Waals surface area contributed by atoms with Crippen molar-refractivity contribution in [3.63, 3.8) is 0 Å². The molecule has 0 saturated carbocycles. The third-order valence-electron chi connectivity index (χ3n) is 5.89. The monoisotopic (exact) mass is 458 g/mol. The van der Waals surface area contributed by atoms with Gasteiger partial charge in [-0.2, -0.15) is 0 Å². The largest absolute Gasteiger partial charge is 0.454 e. The lowest BCUT2D eigenvalue weighted by molar-refractivity contribution is -0.136. The Bertz CT molecular complexity index is 948. The van der Waals surface area contributed by atoms with E-state index in [-0.39, 0.29) is 18.6 Å². The van der Waals surface area contributed by atoms with Gasteiger partial charge < -0.3 is 14.4 Å². The fourth-order valence-corrected chi connectivity index (χ4v) is 4.89. The van der Waals surface area contributed by atoms with Crippen LogP contribution in [0.4, 0.5) is 5.13 Å². The molecule has 1 unspecified atom stereocenters. The summed E-state index contributed by atoms with van der Waals surface area (Å²) in [6.07, 6.45) is 8.89. The van der Waals surface area contributed by atoms with Crippen molar-refractivity contribution in [2.75, 3.05) is 18.7 Å². The van der Waals surface area contributed by atoms with Gasteiger partial charge in [0, 0.05) is 18.5 Å². The van der Waals surface area contributed by atoms with Gasteiger partial charge in [-0.1, -0.05) is 50.4 Å². The van der Waals surface area contributed by atoms with Gasteiger partial charge in [0.1, 0.15) is 11.0 Å². The van der Waals surface area contributed by atoms with Crippen LogP contribution in [0.2, 0.25) is 0 Å². The smallest absolute Gasteiger partial charge is 0.249 e. The van der Waals surface area contributed by atoms with E-state index in [0.29, 0.717) is 41.0 Å². The second-order valence-electron chi connectivity index (χ2n) is 8.23. The minimum Gasteiger partial charge on any atom is -0.454 e. The Balaban J connectivity index is 1.30. The summed E-state index contributed by atoms with van der Waals surface area (Å²) in [4.78, 5) is 27.3. The topological polar surface area (TPSA) is 93.7 Å². The Morgan fingerprint density at radius 1 is 1.12 bits per heavy atom. The van der Waals surface area contributed by atoms with Gasteiger partial charge in [-0.3, -0.25) is 14.9 Å². The van der Waals surface area contributed by atoms with Crippen molar-refractivity contribution < 1.29 is 19.1 Å². The van der Waals surface area contributed by atoms with Crippen LogP contribution >= 0.6 is 11.3 Å². The zero-order chi connectivity index (χ0) is 22.3. The summed E-state index contributed by atoms with van der Waals surface area (Å²) in [5.74, 6) is 1.27. The molecule has 1 atom stereocenters. The minimum atomic E-state index is -0.430. The number of anilines is 1. The normalized spacial score (nSPS) is 17.0. The van der Waals surface area contributed by atoms with Gasteiger partial charge in [-0.15, -0.1) is 10.2 Å². The number of nitrogens with one attached hydrogen (secondary N) is 1. The summed E-state index contributed by atoms with van der Waals surface area (Å²) in [6, 6.07) is 5.15. The second kappa shape index (κ2) is 10.8. The Kier molecular flexibility index (Phi) is 7.57. The van der Waals surface area contributed by atoms with E-state index in [1.807, 2.05) is 18.2 Å². The van der Waals surface area contributed by atoms with Crippen LogP contribution in [0.1, 0.15) is 64.7 Å². The number of aromatic nitrogens is 2. The van der Waals surface area contributed by atoms with Crippen LogP contribution in [-0.4, -0.2) is 46.3 Å². The van der Waals surface area contributed by atoms with Crippen LogP contribution in [0.25, 0.3) is 10.6 Å². The second-order valence-corrected chi connectivity index (χ2v) is 9.21. The van der Waals surface area contributed by atoms with E-state index in [9.17, 15) is 9.59 Å². The highest BCUT2D eigenvalue weighted by Gasteiger charge is 2.34. The molecule has 32 heavy (non-hydrogen) atoms. The van der Waals surface area contributed by atoms with Gasteiger partial charge in [0.15, 0.2) is 11.5 Å². The van der Waals surface area contributed by atoms with E-state index in [4.69, 9.17) is 9.47 Å². The Morgan fingerprint density at radius 2 is 1.94 bits per heavy atom.